The molecule has 4 rings (SSSR count). The molecular formula is C26H24ClN3O6. The first-order valence-electron chi connectivity index (χ1n) is 11.1. The second kappa shape index (κ2) is 10.6. The summed E-state index contributed by atoms with van der Waals surface area (Å²) < 4.78 is 18.3. The number of ether oxygens (including phenoxy) is 3. The van der Waals surface area contributed by atoms with Gasteiger partial charge in [-0.1, -0.05) is 17.7 Å². The van der Waals surface area contributed by atoms with E-state index in [0.717, 1.165) is 4.57 Å². The zero-order chi connectivity index (χ0) is 25.8. The van der Waals surface area contributed by atoms with Gasteiger partial charge in [0.2, 0.25) is 5.91 Å². The van der Waals surface area contributed by atoms with Crippen molar-refractivity contribution >= 4 is 34.1 Å². The SMILES string of the molecule is CCOc1ccc(NC(=O)Cn2c(=O)n(-c3cccc(Cl)c3)c(=O)c3cc(OC)c(OC)cc32)cc1. The molecule has 9 nitrogen and oxygen atoms in total. The number of halogens is 1. The molecule has 0 atom stereocenters. The van der Waals surface area contributed by atoms with Crippen LogP contribution in [-0.2, 0) is 11.3 Å². The number of aromatic nitrogens is 2. The van der Waals surface area contributed by atoms with Crippen molar-refractivity contribution in [2.75, 3.05) is 26.1 Å². The lowest BCUT2D eigenvalue weighted by molar-refractivity contribution is -0.116. The number of amides is 1. The van der Waals surface area contributed by atoms with Gasteiger partial charge in [0.15, 0.2) is 11.5 Å². The average molecular weight is 510 g/mol. The summed E-state index contributed by atoms with van der Waals surface area (Å²) in [6, 6.07) is 16.2. The fourth-order valence-corrected chi connectivity index (χ4v) is 4.02. The van der Waals surface area contributed by atoms with E-state index in [1.165, 1.54) is 37.0 Å². The van der Waals surface area contributed by atoms with Crippen LogP contribution in [0.4, 0.5) is 5.69 Å². The molecule has 0 saturated carbocycles. The van der Waals surface area contributed by atoms with Crippen molar-refractivity contribution in [2.24, 2.45) is 0 Å². The van der Waals surface area contributed by atoms with Gasteiger partial charge in [-0.05, 0) is 55.5 Å². The van der Waals surface area contributed by atoms with Crippen LogP contribution in [0, 0.1) is 0 Å². The van der Waals surface area contributed by atoms with Crippen LogP contribution in [-0.4, -0.2) is 35.9 Å². The molecule has 10 heteroatoms. The first kappa shape index (κ1) is 24.9. The van der Waals surface area contributed by atoms with Crippen LogP contribution in [0.5, 0.6) is 17.2 Å². The largest absolute Gasteiger partial charge is 0.494 e. The van der Waals surface area contributed by atoms with E-state index in [9.17, 15) is 14.4 Å². The van der Waals surface area contributed by atoms with Crippen LogP contribution >= 0.6 is 11.6 Å². The Morgan fingerprint density at radius 1 is 0.972 bits per heavy atom. The second-order valence-corrected chi connectivity index (χ2v) is 8.16. The molecule has 0 aliphatic carbocycles. The third-order valence-corrected chi connectivity index (χ3v) is 5.70. The molecule has 0 saturated heterocycles. The minimum atomic E-state index is -0.705. The van der Waals surface area contributed by atoms with E-state index in [0.29, 0.717) is 34.6 Å². The Hall–Kier alpha value is -4.24. The molecule has 3 aromatic carbocycles. The normalized spacial score (nSPS) is 10.8. The Bertz CT molecular complexity index is 1540. The van der Waals surface area contributed by atoms with Crippen LogP contribution < -0.4 is 30.8 Å². The number of rotatable bonds is 8. The van der Waals surface area contributed by atoms with Gasteiger partial charge in [0.25, 0.3) is 5.56 Å². The van der Waals surface area contributed by atoms with E-state index in [1.54, 1.807) is 42.5 Å². The van der Waals surface area contributed by atoms with E-state index >= 15 is 0 Å². The van der Waals surface area contributed by atoms with E-state index < -0.39 is 17.2 Å². The summed E-state index contributed by atoms with van der Waals surface area (Å²) in [6.07, 6.45) is 0. The fourth-order valence-electron chi connectivity index (χ4n) is 3.83. The lowest BCUT2D eigenvalue weighted by Gasteiger charge is -2.16. The van der Waals surface area contributed by atoms with Crippen molar-refractivity contribution in [1.82, 2.24) is 9.13 Å². The molecule has 0 bridgehead atoms. The lowest BCUT2D eigenvalue weighted by atomic mass is 10.2. The quantitative estimate of drug-likeness (QED) is 0.387. The summed E-state index contributed by atoms with van der Waals surface area (Å²) >= 11 is 6.12. The zero-order valence-electron chi connectivity index (χ0n) is 19.9. The Morgan fingerprint density at radius 3 is 2.31 bits per heavy atom. The van der Waals surface area contributed by atoms with E-state index in [2.05, 4.69) is 5.32 Å². The Labute approximate surface area is 211 Å². The zero-order valence-corrected chi connectivity index (χ0v) is 20.7. The number of hydrogen-bond acceptors (Lipinski definition) is 6. The number of benzene rings is 3. The van der Waals surface area contributed by atoms with Crippen LogP contribution in [0.15, 0.2) is 70.3 Å². The molecule has 0 aliphatic rings. The van der Waals surface area contributed by atoms with Gasteiger partial charge >= 0.3 is 5.69 Å². The monoisotopic (exact) mass is 509 g/mol. The minimum absolute atomic E-state index is 0.168. The summed E-state index contributed by atoms with van der Waals surface area (Å²) in [5, 5.41) is 3.29. The maximum atomic E-state index is 13.6. The smallest absolute Gasteiger partial charge is 0.336 e. The highest BCUT2D eigenvalue weighted by atomic mass is 35.5. The van der Waals surface area contributed by atoms with Gasteiger partial charge in [0.05, 0.1) is 37.4 Å². The van der Waals surface area contributed by atoms with Crippen LogP contribution in [0.3, 0.4) is 0 Å². The molecule has 36 heavy (non-hydrogen) atoms. The number of hydrogen-bond donors (Lipinski definition) is 1. The predicted octanol–water partition coefficient (Wildman–Crippen LogP) is 3.86. The van der Waals surface area contributed by atoms with Crippen molar-refractivity contribution in [1.29, 1.82) is 0 Å². The molecule has 1 aromatic heterocycles. The van der Waals surface area contributed by atoms with Gasteiger partial charge < -0.3 is 19.5 Å². The summed E-state index contributed by atoms with van der Waals surface area (Å²) in [5.41, 5.74) is -0.258. The van der Waals surface area contributed by atoms with Gasteiger partial charge in [-0.25, -0.2) is 9.36 Å². The number of fused-ring (bicyclic) bond motifs is 1. The van der Waals surface area contributed by atoms with Gasteiger partial charge in [-0.2, -0.15) is 0 Å². The van der Waals surface area contributed by atoms with Crippen molar-refractivity contribution in [3.05, 3.63) is 86.5 Å². The van der Waals surface area contributed by atoms with Gasteiger partial charge in [0, 0.05) is 16.8 Å². The van der Waals surface area contributed by atoms with Gasteiger partial charge in [0.1, 0.15) is 12.3 Å². The number of anilines is 1. The van der Waals surface area contributed by atoms with Crippen molar-refractivity contribution < 1.29 is 19.0 Å². The van der Waals surface area contributed by atoms with Crippen LogP contribution in [0.1, 0.15) is 6.92 Å². The molecule has 1 heterocycles. The topological polar surface area (TPSA) is 101 Å². The highest BCUT2D eigenvalue weighted by Gasteiger charge is 2.20. The molecule has 1 N–H and O–H groups in total. The number of nitrogens with zero attached hydrogens (tertiary/aromatic N) is 2. The minimum Gasteiger partial charge on any atom is -0.494 e. The Morgan fingerprint density at radius 2 is 1.67 bits per heavy atom. The fraction of sp³-hybridized carbons (Fsp3) is 0.192. The van der Waals surface area contributed by atoms with E-state index in [1.807, 2.05) is 6.92 Å². The van der Waals surface area contributed by atoms with Crippen molar-refractivity contribution in [3.63, 3.8) is 0 Å². The summed E-state index contributed by atoms with van der Waals surface area (Å²) in [4.78, 5) is 40.0. The highest BCUT2D eigenvalue weighted by molar-refractivity contribution is 6.30. The third-order valence-electron chi connectivity index (χ3n) is 5.47. The standard InChI is InChI=1S/C26H24ClN3O6/c1-4-36-19-10-8-17(9-11-19)28-24(31)15-29-21-14-23(35-3)22(34-2)13-20(21)25(32)30(26(29)33)18-7-5-6-16(27)12-18/h5-14H,4,15H2,1-3H3,(H,28,31). The first-order valence-corrected chi connectivity index (χ1v) is 11.4. The summed E-state index contributed by atoms with van der Waals surface area (Å²) in [6.45, 7) is 2.04. The first-order chi connectivity index (χ1) is 17.4. The third kappa shape index (κ3) is 4.92. The number of methoxy groups -OCH3 is 2. The van der Waals surface area contributed by atoms with Crippen molar-refractivity contribution in [3.8, 4) is 22.9 Å². The van der Waals surface area contributed by atoms with Gasteiger partial charge in [-0.15, -0.1) is 0 Å². The molecule has 0 fully saturated rings. The van der Waals surface area contributed by atoms with Crippen molar-refractivity contribution in [2.45, 2.75) is 13.5 Å². The molecular weight excluding hydrogens is 486 g/mol. The van der Waals surface area contributed by atoms with Crippen LogP contribution in [0.2, 0.25) is 5.02 Å². The number of nitrogens with one attached hydrogen (secondary N) is 1. The highest BCUT2D eigenvalue weighted by Crippen LogP contribution is 2.30. The maximum Gasteiger partial charge on any atom is 0.336 e. The Balaban J connectivity index is 1.84. The van der Waals surface area contributed by atoms with E-state index in [-0.39, 0.29) is 23.1 Å². The molecule has 0 spiro atoms. The molecule has 1 amide bonds. The average Bonchev–Trinajstić information content (AvgIpc) is 2.87. The molecule has 0 unspecified atom stereocenters. The lowest BCUT2D eigenvalue weighted by Crippen LogP contribution is -2.40. The summed E-state index contributed by atoms with van der Waals surface area (Å²) in [7, 11) is 2.89. The number of carbonyl (C=O) groups excluding carboxylic acids is 1. The molecule has 0 radical (unpaired) electrons. The van der Waals surface area contributed by atoms with E-state index in [4.69, 9.17) is 25.8 Å². The number of carbonyl (C=O) groups is 1. The molecule has 4 aromatic rings. The Kier molecular flexibility index (Phi) is 7.30. The second-order valence-electron chi connectivity index (χ2n) is 7.72. The molecule has 186 valence electrons. The predicted molar refractivity (Wildman–Crippen MR) is 138 cm³/mol. The summed E-state index contributed by atoms with van der Waals surface area (Å²) in [5.74, 6) is 0.828. The van der Waals surface area contributed by atoms with Gasteiger partial charge in [-0.3, -0.25) is 14.2 Å². The molecule has 0 aliphatic heterocycles. The van der Waals surface area contributed by atoms with Crippen LogP contribution in [0.25, 0.3) is 16.6 Å². The maximum absolute atomic E-state index is 13.6.